The van der Waals surface area contributed by atoms with Crippen LogP contribution in [-0.2, 0) is 0 Å². The lowest BCUT2D eigenvalue weighted by Gasteiger charge is -2.15. The smallest absolute Gasteiger partial charge is 0.185 e. The van der Waals surface area contributed by atoms with Crippen molar-refractivity contribution in [2.45, 2.75) is 78.2 Å². The quantitative estimate of drug-likeness (QED) is 0.137. The van der Waals surface area contributed by atoms with Crippen LogP contribution in [0.4, 0.5) is 0 Å². The molecule has 0 N–H and O–H groups in total. The van der Waals surface area contributed by atoms with Gasteiger partial charge in [0.15, 0.2) is 12.3 Å². The number of fused-ring (bicyclic) bond motifs is 1. The van der Waals surface area contributed by atoms with Crippen molar-refractivity contribution in [3.05, 3.63) is 53.2 Å². The number of unbranched alkanes of at least 4 members (excludes halogenated alkanes) is 6. The lowest BCUT2D eigenvalue weighted by Crippen LogP contribution is -2.15. The highest BCUT2D eigenvalue weighted by Gasteiger charge is 2.14. The van der Waals surface area contributed by atoms with Crippen molar-refractivity contribution >= 4 is 17.0 Å². The molecule has 0 aliphatic rings. The highest BCUT2D eigenvalue weighted by molar-refractivity contribution is 5.83. The fourth-order valence-electron chi connectivity index (χ4n) is 3.49. The van der Waals surface area contributed by atoms with Gasteiger partial charge in [-0.25, -0.2) is 4.74 Å². The minimum atomic E-state index is -0.143. The van der Waals surface area contributed by atoms with Crippen LogP contribution in [0.2, 0.25) is 0 Å². The van der Waals surface area contributed by atoms with Crippen molar-refractivity contribution in [2.24, 2.45) is 5.92 Å². The van der Waals surface area contributed by atoms with E-state index in [-0.39, 0.29) is 6.04 Å². The van der Waals surface area contributed by atoms with Gasteiger partial charge in [0.1, 0.15) is 0 Å². The van der Waals surface area contributed by atoms with Gasteiger partial charge in [-0.15, -0.1) is 0 Å². The Balaban J connectivity index is 1.82. The van der Waals surface area contributed by atoms with Gasteiger partial charge in [-0.05, 0) is 23.3 Å². The SMILES string of the molecule is CCCCCCCCCC(C)C=[N+]([O-])C(C)c1ccc2ccccc2c1. The van der Waals surface area contributed by atoms with Crippen molar-refractivity contribution in [1.29, 1.82) is 0 Å². The molecule has 26 heavy (non-hydrogen) atoms. The predicted molar refractivity (Wildman–Crippen MR) is 114 cm³/mol. The third-order valence-electron chi connectivity index (χ3n) is 5.30. The molecule has 0 aliphatic carbocycles. The molecule has 2 nitrogen and oxygen atoms in total. The van der Waals surface area contributed by atoms with Crippen LogP contribution in [-0.4, -0.2) is 11.0 Å². The zero-order chi connectivity index (χ0) is 18.8. The Hall–Kier alpha value is -1.83. The molecule has 0 aliphatic heterocycles. The van der Waals surface area contributed by atoms with Crippen LogP contribution in [0.15, 0.2) is 42.5 Å². The van der Waals surface area contributed by atoms with Crippen molar-refractivity contribution in [3.8, 4) is 0 Å². The topological polar surface area (TPSA) is 26.1 Å². The standard InChI is InChI=1S/C24H35NO/c1-4-5-6-7-8-9-10-13-20(2)19-25(26)21(3)23-17-16-22-14-11-12-15-24(22)18-23/h11-12,14-21H,4-10,13H2,1-3H3. The number of hydroxylamine groups is 1. The number of nitrogens with zero attached hydrogens (tertiary/aromatic N) is 1. The summed E-state index contributed by atoms with van der Waals surface area (Å²) in [6.45, 7) is 6.41. The van der Waals surface area contributed by atoms with Crippen molar-refractivity contribution in [1.82, 2.24) is 0 Å². The highest BCUT2D eigenvalue weighted by Crippen LogP contribution is 2.22. The molecule has 2 aromatic rings. The summed E-state index contributed by atoms with van der Waals surface area (Å²) in [6, 6.07) is 14.5. The number of benzene rings is 2. The van der Waals surface area contributed by atoms with E-state index in [9.17, 15) is 5.21 Å². The Kier molecular flexibility index (Phi) is 8.67. The average molecular weight is 354 g/mol. The molecule has 2 aromatic carbocycles. The van der Waals surface area contributed by atoms with Gasteiger partial charge in [-0.2, -0.15) is 0 Å². The molecule has 0 bridgehead atoms. The van der Waals surface area contributed by atoms with E-state index in [4.69, 9.17) is 0 Å². The first kappa shape index (κ1) is 20.5. The molecule has 2 heteroatoms. The monoisotopic (exact) mass is 353 g/mol. The van der Waals surface area contributed by atoms with E-state index in [1.165, 1.54) is 55.7 Å². The number of rotatable bonds is 11. The molecule has 2 rings (SSSR count). The second-order valence-corrected chi connectivity index (χ2v) is 7.68. The van der Waals surface area contributed by atoms with Gasteiger partial charge in [-0.1, -0.05) is 95.2 Å². The van der Waals surface area contributed by atoms with Crippen LogP contribution >= 0.6 is 0 Å². The van der Waals surface area contributed by atoms with E-state index < -0.39 is 0 Å². The third kappa shape index (κ3) is 6.48. The zero-order valence-electron chi connectivity index (χ0n) is 16.8. The number of hydrogen-bond donors (Lipinski definition) is 0. The molecule has 2 unspecified atom stereocenters. The summed E-state index contributed by atoms with van der Waals surface area (Å²) in [5.74, 6) is 0.339. The Morgan fingerprint density at radius 3 is 2.27 bits per heavy atom. The maximum atomic E-state index is 12.6. The number of hydrogen-bond acceptors (Lipinski definition) is 1. The predicted octanol–water partition coefficient (Wildman–Crippen LogP) is 7.26. The molecule has 142 valence electrons. The average Bonchev–Trinajstić information content (AvgIpc) is 2.66. The van der Waals surface area contributed by atoms with Crippen LogP contribution in [0.3, 0.4) is 0 Å². The summed E-state index contributed by atoms with van der Waals surface area (Å²) in [4.78, 5) is 0. The van der Waals surface area contributed by atoms with Crippen molar-refractivity contribution in [3.63, 3.8) is 0 Å². The lowest BCUT2D eigenvalue weighted by molar-refractivity contribution is -0.500. The van der Waals surface area contributed by atoms with E-state index in [0.717, 1.165) is 16.7 Å². The molecule has 0 saturated carbocycles. The van der Waals surface area contributed by atoms with Gasteiger partial charge in [0.05, 0.1) is 0 Å². The minimum absolute atomic E-state index is 0.143. The van der Waals surface area contributed by atoms with Gasteiger partial charge in [0, 0.05) is 18.4 Å². The van der Waals surface area contributed by atoms with E-state index in [0.29, 0.717) is 5.92 Å². The first-order valence-electron chi connectivity index (χ1n) is 10.4. The van der Waals surface area contributed by atoms with Crippen LogP contribution in [0, 0.1) is 11.1 Å². The van der Waals surface area contributed by atoms with E-state index in [2.05, 4.69) is 44.2 Å². The molecule has 0 spiro atoms. The van der Waals surface area contributed by atoms with Gasteiger partial charge in [-0.3, -0.25) is 0 Å². The van der Waals surface area contributed by atoms with E-state index >= 15 is 0 Å². The van der Waals surface area contributed by atoms with Crippen molar-refractivity contribution in [2.75, 3.05) is 0 Å². The van der Waals surface area contributed by atoms with E-state index in [1.54, 1.807) is 0 Å². The highest BCUT2D eigenvalue weighted by atomic mass is 16.5. The lowest BCUT2D eigenvalue weighted by atomic mass is 10.0. The maximum Gasteiger partial charge on any atom is 0.185 e. The molecule has 0 fully saturated rings. The van der Waals surface area contributed by atoms with Gasteiger partial charge in [0.25, 0.3) is 0 Å². The molecule has 2 atom stereocenters. The molecule has 0 amide bonds. The summed E-state index contributed by atoms with van der Waals surface area (Å²) >= 11 is 0. The molecule has 0 heterocycles. The summed E-state index contributed by atoms with van der Waals surface area (Å²) in [6.07, 6.45) is 12.2. The maximum absolute atomic E-state index is 12.6. The Labute approximate surface area is 159 Å². The first-order valence-corrected chi connectivity index (χ1v) is 10.4. The second-order valence-electron chi connectivity index (χ2n) is 7.68. The fourth-order valence-corrected chi connectivity index (χ4v) is 3.49. The fraction of sp³-hybridized carbons (Fsp3) is 0.542. The van der Waals surface area contributed by atoms with Gasteiger partial charge in [0.2, 0.25) is 0 Å². The summed E-state index contributed by atoms with van der Waals surface area (Å²) in [5, 5.41) is 15.0. The third-order valence-corrected chi connectivity index (χ3v) is 5.30. The molecular formula is C24H35NO. The van der Waals surface area contributed by atoms with Crippen LogP contribution in [0.5, 0.6) is 0 Å². The first-order chi connectivity index (χ1) is 12.6. The largest absolute Gasteiger partial charge is 0.624 e. The van der Waals surface area contributed by atoms with Crippen molar-refractivity contribution < 1.29 is 4.74 Å². The Morgan fingerprint density at radius 2 is 1.54 bits per heavy atom. The normalized spacial score (nSPS) is 14.5. The minimum Gasteiger partial charge on any atom is -0.624 e. The van der Waals surface area contributed by atoms with Crippen LogP contribution in [0.25, 0.3) is 10.8 Å². The van der Waals surface area contributed by atoms with Crippen LogP contribution in [0.1, 0.15) is 83.7 Å². The summed E-state index contributed by atoms with van der Waals surface area (Å²) < 4.78 is 1.15. The van der Waals surface area contributed by atoms with Crippen LogP contribution < -0.4 is 0 Å². The van der Waals surface area contributed by atoms with E-state index in [1.807, 2.05) is 25.3 Å². The zero-order valence-corrected chi connectivity index (χ0v) is 16.8. The molecular weight excluding hydrogens is 318 g/mol. The van der Waals surface area contributed by atoms with Gasteiger partial charge < -0.3 is 5.21 Å². The van der Waals surface area contributed by atoms with Gasteiger partial charge >= 0.3 is 0 Å². The summed E-state index contributed by atoms with van der Waals surface area (Å²) in [7, 11) is 0. The Bertz CT molecular complexity index is 691. The molecule has 0 saturated heterocycles. The second kappa shape index (κ2) is 11.0. The molecule has 0 radical (unpaired) electrons. The molecule has 0 aromatic heterocycles. The Morgan fingerprint density at radius 1 is 0.885 bits per heavy atom. The summed E-state index contributed by atoms with van der Waals surface area (Å²) in [5.41, 5.74) is 1.08.